The molecule has 2 amide bonds. The summed E-state index contributed by atoms with van der Waals surface area (Å²) in [6, 6.07) is 14.9. The summed E-state index contributed by atoms with van der Waals surface area (Å²) in [5.74, 6) is 0.632. The van der Waals surface area contributed by atoms with Crippen LogP contribution in [0.3, 0.4) is 0 Å². The Hall–Kier alpha value is -2.20. The minimum absolute atomic E-state index is 0.176. The lowest BCUT2D eigenvalue weighted by Gasteiger charge is -2.18. The number of urea groups is 1. The molecule has 2 rings (SSSR count). The highest BCUT2D eigenvalue weighted by Gasteiger charge is 2.09. The molecule has 5 heteroatoms. The predicted octanol–water partition coefficient (Wildman–Crippen LogP) is 3.87. The zero-order valence-corrected chi connectivity index (χ0v) is 13.4. The topological polar surface area (TPSA) is 41.6 Å². The Morgan fingerprint density at radius 1 is 1.23 bits per heavy atom. The van der Waals surface area contributed by atoms with Crippen LogP contribution in [0.5, 0.6) is 5.75 Å². The van der Waals surface area contributed by atoms with Gasteiger partial charge in [-0.25, -0.2) is 4.79 Å². The zero-order valence-electron chi connectivity index (χ0n) is 12.7. The zero-order chi connectivity index (χ0) is 15.9. The van der Waals surface area contributed by atoms with Gasteiger partial charge in [0.15, 0.2) is 0 Å². The van der Waals surface area contributed by atoms with Gasteiger partial charge in [-0.15, -0.1) is 0 Å². The van der Waals surface area contributed by atoms with Gasteiger partial charge in [0.25, 0.3) is 0 Å². The van der Waals surface area contributed by atoms with Crippen molar-refractivity contribution in [1.82, 2.24) is 5.32 Å². The molecule has 4 nitrogen and oxygen atoms in total. The second kappa shape index (κ2) is 7.71. The fourth-order valence-corrected chi connectivity index (χ4v) is 2.10. The molecule has 0 unspecified atom stereocenters. The number of halogens is 1. The van der Waals surface area contributed by atoms with E-state index in [9.17, 15) is 4.79 Å². The van der Waals surface area contributed by atoms with Gasteiger partial charge in [-0.1, -0.05) is 35.9 Å². The molecule has 2 aromatic rings. The first-order chi connectivity index (χ1) is 10.6. The Balaban J connectivity index is 1.79. The molecule has 0 aliphatic heterocycles. The quantitative estimate of drug-likeness (QED) is 0.850. The molecule has 116 valence electrons. The number of nitrogens with one attached hydrogen (secondary N) is 1. The van der Waals surface area contributed by atoms with E-state index in [-0.39, 0.29) is 6.03 Å². The molecule has 0 aliphatic carbocycles. The summed E-state index contributed by atoms with van der Waals surface area (Å²) in [4.78, 5) is 13.6. The van der Waals surface area contributed by atoms with Crippen LogP contribution in [0.15, 0.2) is 48.5 Å². The number of ether oxygens (including phenoxy) is 1. The highest BCUT2D eigenvalue weighted by molar-refractivity contribution is 6.32. The van der Waals surface area contributed by atoms with Crippen molar-refractivity contribution in [2.45, 2.75) is 6.92 Å². The van der Waals surface area contributed by atoms with E-state index in [0.717, 1.165) is 11.3 Å². The summed E-state index contributed by atoms with van der Waals surface area (Å²) in [6.07, 6.45) is 0. The molecule has 0 aliphatic rings. The van der Waals surface area contributed by atoms with Crippen molar-refractivity contribution >= 4 is 23.3 Å². The normalized spacial score (nSPS) is 10.1. The van der Waals surface area contributed by atoms with Gasteiger partial charge in [-0.3, -0.25) is 4.90 Å². The molecule has 0 fully saturated rings. The summed E-state index contributed by atoms with van der Waals surface area (Å²) >= 11 is 6.05. The molecule has 0 atom stereocenters. The fraction of sp³-hybridized carbons (Fsp3) is 0.235. The maximum Gasteiger partial charge on any atom is 0.321 e. The fourth-order valence-electron chi connectivity index (χ4n) is 1.93. The van der Waals surface area contributed by atoms with Crippen LogP contribution < -0.4 is 15.0 Å². The van der Waals surface area contributed by atoms with Crippen LogP contribution >= 0.6 is 11.6 Å². The van der Waals surface area contributed by atoms with Gasteiger partial charge >= 0.3 is 6.03 Å². The molecular weight excluding hydrogens is 300 g/mol. The molecule has 0 heterocycles. The van der Waals surface area contributed by atoms with Gasteiger partial charge in [0.2, 0.25) is 0 Å². The number of rotatable bonds is 5. The van der Waals surface area contributed by atoms with Gasteiger partial charge in [-0.05, 0) is 36.8 Å². The third-order valence-electron chi connectivity index (χ3n) is 3.17. The van der Waals surface area contributed by atoms with Gasteiger partial charge in [-0.2, -0.15) is 0 Å². The minimum Gasteiger partial charge on any atom is -0.490 e. The van der Waals surface area contributed by atoms with Crippen molar-refractivity contribution in [3.63, 3.8) is 0 Å². The SMILES string of the molecule is Cc1ccc(Cl)c(OCCNC(=O)N(C)c2ccccc2)c1. The number of hydrogen-bond acceptors (Lipinski definition) is 2. The largest absolute Gasteiger partial charge is 0.490 e. The Labute approximate surface area is 135 Å². The van der Waals surface area contributed by atoms with E-state index in [1.807, 2.05) is 49.4 Å². The van der Waals surface area contributed by atoms with Gasteiger partial charge < -0.3 is 10.1 Å². The third-order valence-corrected chi connectivity index (χ3v) is 3.48. The lowest BCUT2D eigenvalue weighted by Crippen LogP contribution is -2.39. The molecule has 0 aromatic heterocycles. The van der Waals surface area contributed by atoms with Gasteiger partial charge in [0.1, 0.15) is 12.4 Å². The maximum atomic E-state index is 12.0. The number of hydrogen-bond donors (Lipinski definition) is 1. The lowest BCUT2D eigenvalue weighted by atomic mass is 10.2. The van der Waals surface area contributed by atoms with Crippen molar-refractivity contribution in [1.29, 1.82) is 0 Å². The van der Waals surface area contributed by atoms with Crippen molar-refractivity contribution < 1.29 is 9.53 Å². The predicted molar refractivity (Wildman–Crippen MR) is 89.9 cm³/mol. The van der Waals surface area contributed by atoms with E-state index in [1.54, 1.807) is 18.0 Å². The molecule has 0 radical (unpaired) electrons. The second-order valence-electron chi connectivity index (χ2n) is 4.91. The van der Waals surface area contributed by atoms with E-state index in [2.05, 4.69) is 5.32 Å². The van der Waals surface area contributed by atoms with E-state index in [4.69, 9.17) is 16.3 Å². The first-order valence-electron chi connectivity index (χ1n) is 7.03. The Kier molecular flexibility index (Phi) is 5.67. The van der Waals surface area contributed by atoms with Crippen LogP contribution in [0.2, 0.25) is 5.02 Å². The van der Waals surface area contributed by atoms with E-state index in [0.29, 0.717) is 23.9 Å². The summed E-state index contributed by atoms with van der Waals surface area (Å²) in [5, 5.41) is 3.37. The Morgan fingerprint density at radius 3 is 2.68 bits per heavy atom. The van der Waals surface area contributed by atoms with Crippen molar-refractivity contribution in [2.24, 2.45) is 0 Å². The lowest BCUT2D eigenvalue weighted by molar-refractivity contribution is 0.243. The molecular formula is C17H19ClN2O2. The van der Waals surface area contributed by atoms with Gasteiger partial charge in [0.05, 0.1) is 11.6 Å². The average molecular weight is 319 g/mol. The van der Waals surface area contributed by atoms with Crippen LogP contribution in [-0.4, -0.2) is 26.2 Å². The van der Waals surface area contributed by atoms with E-state index >= 15 is 0 Å². The van der Waals surface area contributed by atoms with E-state index in [1.165, 1.54) is 0 Å². The van der Waals surface area contributed by atoms with Crippen LogP contribution in [0.25, 0.3) is 0 Å². The van der Waals surface area contributed by atoms with Crippen molar-refractivity contribution in [3.8, 4) is 5.75 Å². The molecule has 0 saturated carbocycles. The summed E-state index contributed by atoms with van der Waals surface area (Å²) in [7, 11) is 1.73. The summed E-state index contributed by atoms with van der Waals surface area (Å²) in [5.41, 5.74) is 1.91. The number of aryl methyl sites for hydroxylation is 1. The van der Waals surface area contributed by atoms with Crippen LogP contribution in [-0.2, 0) is 0 Å². The monoisotopic (exact) mass is 318 g/mol. The van der Waals surface area contributed by atoms with Crippen LogP contribution in [0.1, 0.15) is 5.56 Å². The molecule has 2 aromatic carbocycles. The van der Waals surface area contributed by atoms with Crippen molar-refractivity contribution in [3.05, 3.63) is 59.1 Å². The first-order valence-corrected chi connectivity index (χ1v) is 7.41. The van der Waals surface area contributed by atoms with E-state index < -0.39 is 0 Å². The molecule has 0 spiro atoms. The highest BCUT2D eigenvalue weighted by Crippen LogP contribution is 2.24. The van der Waals surface area contributed by atoms with Crippen LogP contribution in [0, 0.1) is 6.92 Å². The summed E-state index contributed by atoms with van der Waals surface area (Å²) in [6.45, 7) is 2.73. The Bertz CT molecular complexity index is 632. The molecule has 1 N–H and O–H groups in total. The molecule has 0 saturated heterocycles. The summed E-state index contributed by atoms with van der Waals surface area (Å²) < 4.78 is 5.59. The van der Waals surface area contributed by atoms with Crippen molar-refractivity contribution in [2.75, 3.05) is 25.1 Å². The second-order valence-corrected chi connectivity index (χ2v) is 5.32. The standard InChI is InChI=1S/C17H19ClN2O2/c1-13-8-9-15(18)16(12-13)22-11-10-19-17(21)20(2)14-6-4-3-5-7-14/h3-9,12H,10-11H2,1-2H3,(H,19,21). The maximum absolute atomic E-state index is 12.0. The first kappa shape index (κ1) is 16.2. The van der Waals surface area contributed by atoms with Gasteiger partial charge in [0, 0.05) is 12.7 Å². The minimum atomic E-state index is -0.176. The number of carbonyl (C=O) groups is 1. The number of anilines is 1. The smallest absolute Gasteiger partial charge is 0.321 e. The number of amides is 2. The van der Waals surface area contributed by atoms with Crippen LogP contribution in [0.4, 0.5) is 10.5 Å². The number of para-hydroxylation sites is 1. The Morgan fingerprint density at radius 2 is 1.95 bits per heavy atom. The molecule has 0 bridgehead atoms. The average Bonchev–Trinajstić information content (AvgIpc) is 2.54. The third kappa shape index (κ3) is 4.40. The number of nitrogens with zero attached hydrogens (tertiary/aromatic N) is 1. The highest BCUT2D eigenvalue weighted by atomic mass is 35.5. The number of carbonyl (C=O) groups excluding carboxylic acids is 1. The number of benzene rings is 2. The molecule has 22 heavy (non-hydrogen) atoms.